The number of rotatable bonds is 4. The maximum absolute atomic E-state index is 5.90. The van der Waals surface area contributed by atoms with Crippen LogP contribution in [0.15, 0.2) is 12.1 Å². The largest absolute Gasteiger partial charge is 0.271 e. The lowest BCUT2D eigenvalue weighted by atomic mass is 9.88. The first-order valence-corrected chi connectivity index (χ1v) is 6.33. The first kappa shape index (κ1) is 13.0. The number of hydrogen-bond acceptors (Lipinski definition) is 3. The third kappa shape index (κ3) is 4.51. The Labute approximate surface area is 101 Å². The van der Waals surface area contributed by atoms with Crippen molar-refractivity contribution in [3.05, 3.63) is 21.3 Å². The molecule has 1 heterocycles. The van der Waals surface area contributed by atoms with Gasteiger partial charge in [0.15, 0.2) is 0 Å². The van der Waals surface area contributed by atoms with Gasteiger partial charge in [0.25, 0.3) is 0 Å². The molecular weight excluding hydrogens is 228 g/mol. The topological polar surface area (TPSA) is 38.0 Å². The molecule has 0 spiro atoms. The molecule has 0 aliphatic rings. The van der Waals surface area contributed by atoms with Crippen molar-refractivity contribution >= 4 is 22.9 Å². The zero-order chi connectivity index (χ0) is 11.5. The van der Waals surface area contributed by atoms with Crippen LogP contribution in [0, 0.1) is 5.41 Å². The van der Waals surface area contributed by atoms with Crippen LogP contribution >= 0.6 is 22.9 Å². The van der Waals surface area contributed by atoms with Gasteiger partial charge in [0.2, 0.25) is 0 Å². The monoisotopic (exact) mass is 246 g/mol. The Morgan fingerprint density at radius 1 is 1.47 bits per heavy atom. The minimum Gasteiger partial charge on any atom is -0.271 e. The molecule has 86 valence electrons. The van der Waals surface area contributed by atoms with Gasteiger partial charge in [-0.2, -0.15) is 0 Å². The van der Waals surface area contributed by atoms with Gasteiger partial charge in [-0.05, 0) is 30.4 Å². The van der Waals surface area contributed by atoms with Crippen molar-refractivity contribution in [2.75, 3.05) is 0 Å². The fourth-order valence-electron chi connectivity index (χ4n) is 1.40. The summed E-state index contributed by atoms with van der Waals surface area (Å²) in [4.78, 5) is 1.21. The van der Waals surface area contributed by atoms with Crippen LogP contribution in [0.25, 0.3) is 0 Å². The summed E-state index contributed by atoms with van der Waals surface area (Å²) in [5, 5.41) is 0. The predicted octanol–water partition coefficient (Wildman–Crippen LogP) is 3.73. The van der Waals surface area contributed by atoms with E-state index in [1.807, 2.05) is 12.1 Å². The molecule has 0 aliphatic carbocycles. The molecule has 0 aliphatic heterocycles. The molecule has 15 heavy (non-hydrogen) atoms. The van der Waals surface area contributed by atoms with Gasteiger partial charge >= 0.3 is 0 Å². The van der Waals surface area contributed by atoms with Crippen LogP contribution in [0.1, 0.15) is 44.5 Å². The highest BCUT2D eigenvalue weighted by Gasteiger charge is 2.17. The Hall–Kier alpha value is -0.0900. The maximum Gasteiger partial charge on any atom is 0.0931 e. The molecule has 3 N–H and O–H groups in total. The molecule has 0 radical (unpaired) electrons. The molecule has 0 fully saturated rings. The van der Waals surface area contributed by atoms with Gasteiger partial charge < -0.3 is 0 Å². The van der Waals surface area contributed by atoms with Gasteiger partial charge in [-0.1, -0.05) is 32.4 Å². The van der Waals surface area contributed by atoms with Gasteiger partial charge in [-0.25, -0.2) is 0 Å². The third-order valence-corrected chi connectivity index (χ3v) is 3.67. The van der Waals surface area contributed by atoms with Crippen molar-refractivity contribution < 1.29 is 0 Å². The molecule has 1 rings (SSSR count). The highest BCUT2D eigenvalue weighted by Crippen LogP contribution is 2.32. The fourth-order valence-corrected chi connectivity index (χ4v) is 2.56. The minimum atomic E-state index is 0.224. The van der Waals surface area contributed by atoms with Crippen molar-refractivity contribution in [3.63, 3.8) is 0 Å². The van der Waals surface area contributed by atoms with Crippen LogP contribution in [0.2, 0.25) is 4.34 Å². The zero-order valence-electron chi connectivity index (χ0n) is 9.51. The van der Waals surface area contributed by atoms with E-state index in [0.29, 0.717) is 5.41 Å². The molecule has 0 saturated heterocycles. The summed E-state index contributed by atoms with van der Waals surface area (Å²) in [6.45, 7) is 6.71. The molecule has 1 aromatic rings. The van der Waals surface area contributed by atoms with Gasteiger partial charge in [-0.15, -0.1) is 11.3 Å². The van der Waals surface area contributed by atoms with Crippen LogP contribution in [0.4, 0.5) is 0 Å². The lowest BCUT2D eigenvalue weighted by molar-refractivity contribution is 0.335. The zero-order valence-corrected chi connectivity index (χ0v) is 11.1. The molecule has 2 nitrogen and oxygen atoms in total. The van der Waals surface area contributed by atoms with Gasteiger partial charge in [0.05, 0.1) is 10.4 Å². The van der Waals surface area contributed by atoms with Crippen LogP contribution in [0.3, 0.4) is 0 Å². The summed E-state index contributed by atoms with van der Waals surface area (Å²) in [5.41, 5.74) is 3.20. The summed E-state index contributed by atoms with van der Waals surface area (Å²) < 4.78 is 0.820. The van der Waals surface area contributed by atoms with E-state index < -0.39 is 0 Å². The molecular formula is C11H19ClN2S. The first-order valence-electron chi connectivity index (χ1n) is 5.14. The summed E-state index contributed by atoms with van der Waals surface area (Å²) in [6.07, 6.45) is 2.17. The lowest BCUT2D eigenvalue weighted by Crippen LogP contribution is -2.28. The summed E-state index contributed by atoms with van der Waals surface area (Å²) >= 11 is 7.50. The highest BCUT2D eigenvalue weighted by molar-refractivity contribution is 7.16. The van der Waals surface area contributed by atoms with Crippen molar-refractivity contribution in [2.45, 2.75) is 39.7 Å². The maximum atomic E-state index is 5.90. The lowest BCUT2D eigenvalue weighted by Gasteiger charge is -2.22. The van der Waals surface area contributed by atoms with Crippen LogP contribution in [-0.4, -0.2) is 0 Å². The smallest absolute Gasteiger partial charge is 0.0931 e. The highest BCUT2D eigenvalue weighted by atomic mass is 35.5. The van der Waals surface area contributed by atoms with Gasteiger partial charge in [0.1, 0.15) is 0 Å². The summed E-state index contributed by atoms with van der Waals surface area (Å²) in [7, 11) is 0. The van der Waals surface area contributed by atoms with E-state index in [4.69, 9.17) is 17.4 Å². The molecule has 1 unspecified atom stereocenters. The molecule has 1 atom stereocenters. The minimum absolute atomic E-state index is 0.224. The number of hydrazine groups is 1. The van der Waals surface area contributed by atoms with E-state index in [9.17, 15) is 0 Å². The summed E-state index contributed by atoms with van der Waals surface area (Å²) in [5.74, 6) is 5.56. The second-order valence-electron chi connectivity index (χ2n) is 4.96. The molecule has 1 aromatic heterocycles. The number of nitrogens with two attached hydrogens (primary N) is 1. The predicted molar refractivity (Wildman–Crippen MR) is 68.1 cm³/mol. The average Bonchev–Trinajstić information content (AvgIpc) is 2.51. The number of halogens is 1. The average molecular weight is 247 g/mol. The van der Waals surface area contributed by atoms with E-state index >= 15 is 0 Å². The number of nitrogens with one attached hydrogen (secondary N) is 1. The number of hydrogen-bond donors (Lipinski definition) is 2. The second kappa shape index (κ2) is 5.30. The third-order valence-electron chi connectivity index (χ3n) is 2.32. The molecule has 0 aromatic carbocycles. The van der Waals surface area contributed by atoms with Crippen LogP contribution < -0.4 is 11.3 Å². The Bertz CT molecular complexity index is 304. The van der Waals surface area contributed by atoms with E-state index in [-0.39, 0.29) is 6.04 Å². The van der Waals surface area contributed by atoms with Crippen molar-refractivity contribution in [1.29, 1.82) is 0 Å². The SMILES string of the molecule is CC(C)(C)CCC(NN)c1ccc(Cl)s1. The van der Waals surface area contributed by atoms with Crippen LogP contribution in [0.5, 0.6) is 0 Å². The van der Waals surface area contributed by atoms with E-state index in [1.165, 1.54) is 4.88 Å². The Balaban J connectivity index is 2.57. The Morgan fingerprint density at radius 3 is 2.53 bits per heavy atom. The van der Waals surface area contributed by atoms with Crippen molar-refractivity contribution in [1.82, 2.24) is 5.43 Å². The molecule has 0 saturated carbocycles. The standard InChI is InChI=1S/C11H19ClN2S/c1-11(2,3)7-6-8(14-13)9-4-5-10(12)15-9/h4-5,8,14H,6-7,13H2,1-3H3. The Morgan fingerprint density at radius 2 is 2.13 bits per heavy atom. The second-order valence-corrected chi connectivity index (χ2v) is 6.71. The van der Waals surface area contributed by atoms with Gasteiger partial charge in [0, 0.05) is 4.88 Å². The van der Waals surface area contributed by atoms with E-state index in [2.05, 4.69) is 26.2 Å². The first-order chi connectivity index (χ1) is 6.92. The normalized spacial score (nSPS) is 14.2. The summed E-state index contributed by atoms with van der Waals surface area (Å²) in [6, 6.07) is 4.19. The quantitative estimate of drug-likeness (QED) is 0.628. The number of thiophene rings is 1. The fraction of sp³-hybridized carbons (Fsp3) is 0.636. The van der Waals surface area contributed by atoms with E-state index in [1.54, 1.807) is 11.3 Å². The van der Waals surface area contributed by atoms with Gasteiger partial charge in [-0.3, -0.25) is 11.3 Å². The van der Waals surface area contributed by atoms with Crippen molar-refractivity contribution in [3.8, 4) is 0 Å². The van der Waals surface area contributed by atoms with Crippen LogP contribution in [-0.2, 0) is 0 Å². The Kier molecular flexibility index (Phi) is 4.59. The molecule has 0 amide bonds. The molecule has 0 bridgehead atoms. The van der Waals surface area contributed by atoms with E-state index in [0.717, 1.165) is 17.2 Å². The van der Waals surface area contributed by atoms with Crippen molar-refractivity contribution in [2.24, 2.45) is 11.3 Å². The molecule has 4 heteroatoms.